The predicted molar refractivity (Wildman–Crippen MR) is 107 cm³/mol. The second-order valence-corrected chi connectivity index (χ2v) is 8.96. The Balaban J connectivity index is 1.78. The Kier molecular flexibility index (Phi) is 5.90. The first kappa shape index (κ1) is 20.8. The van der Waals surface area contributed by atoms with Gasteiger partial charge in [0.1, 0.15) is 17.5 Å². The van der Waals surface area contributed by atoms with Gasteiger partial charge in [0.15, 0.2) is 0 Å². The number of aryl methyl sites for hydroxylation is 1. The first-order valence-corrected chi connectivity index (χ1v) is 10.6. The van der Waals surface area contributed by atoms with Gasteiger partial charge in [0.2, 0.25) is 10.0 Å². The second-order valence-electron chi connectivity index (χ2n) is 7.07. The van der Waals surface area contributed by atoms with Crippen molar-refractivity contribution in [2.75, 3.05) is 6.54 Å². The molecule has 0 saturated carbocycles. The molecular weight excluding hydrogens is 394 g/mol. The lowest BCUT2D eigenvalue weighted by Gasteiger charge is -2.27. The number of sulfonamides is 1. The molecule has 3 amide bonds. The fraction of sp³-hybridized carbons (Fsp3) is 0.300. The van der Waals surface area contributed by atoms with Crippen molar-refractivity contribution < 1.29 is 22.7 Å². The standard InChI is InChI=1S/C20H23N3O5S/c1-13(2)23(12-18-19(24)22-20(25)21-18)29(26,27)17-10-8-16(9-11-17)28-15-6-4-14(3)5-7-15/h4-11,13,18H,12H2,1-3H3,(H2,21,22,24,25)/t18-/m0/s1. The lowest BCUT2D eigenvalue weighted by molar-refractivity contribution is -0.120. The fourth-order valence-electron chi connectivity index (χ4n) is 2.91. The van der Waals surface area contributed by atoms with Gasteiger partial charge >= 0.3 is 6.03 Å². The maximum atomic E-state index is 13.1. The molecular formula is C20H23N3O5S. The molecule has 0 aromatic heterocycles. The van der Waals surface area contributed by atoms with E-state index in [1.165, 1.54) is 16.4 Å². The van der Waals surface area contributed by atoms with Crippen molar-refractivity contribution in [2.24, 2.45) is 0 Å². The number of hydrogen-bond donors (Lipinski definition) is 2. The number of imide groups is 1. The molecule has 2 aromatic rings. The minimum Gasteiger partial charge on any atom is -0.457 e. The fourth-order valence-corrected chi connectivity index (χ4v) is 4.56. The van der Waals surface area contributed by atoms with E-state index in [1.54, 1.807) is 26.0 Å². The van der Waals surface area contributed by atoms with Crippen molar-refractivity contribution in [2.45, 2.75) is 37.8 Å². The third-order valence-corrected chi connectivity index (χ3v) is 6.54. The number of hydrogen-bond acceptors (Lipinski definition) is 5. The van der Waals surface area contributed by atoms with Crippen molar-refractivity contribution in [1.82, 2.24) is 14.9 Å². The van der Waals surface area contributed by atoms with Gasteiger partial charge in [0.05, 0.1) is 4.90 Å². The molecule has 1 saturated heterocycles. The van der Waals surface area contributed by atoms with Crippen LogP contribution in [0.25, 0.3) is 0 Å². The maximum absolute atomic E-state index is 13.1. The van der Waals surface area contributed by atoms with Crippen LogP contribution in [0.5, 0.6) is 11.5 Å². The molecule has 0 radical (unpaired) electrons. The molecule has 8 nitrogen and oxygen atoms in total. The Morgan fingerprint density at radius 1 is 1.00 bits per heavy atom. The molecule has 0 aliphatic carbocycles. The van der Waals surface area contributed by atoms with Crippen LogP contribution in [0.3, 0.4) is 0 Å². The monoisotopic (exact) mass is 417 g/mol. The Morgan fingerprint density at radius 3 is 2.03 bits per heavy atom. The maximum Gasteiger partial charge on any atom is 0.322 e. The zero-order valence-corrected chi connectivity index (χ0v) is 17.2. The molecule has 154 valence electrons. The summed E-state index contributed by atoms with van der Waals surface area (Å²) in [6.07, 6.45) is 0. The SMILES string of the molecule is Cc1ccc(Oc2ccc(S(=O)(=O)N(C[C@@H]3NC(=O)NC3=O)C(C)C)cc2)cc1. The van der Waals surface area contributed by atoms with Crippen LogP contribution in [0.4, 0.5) is 4.79 Å². The second kappa shape index (κ2) is 8.22. The first-order valence-electron chi connectivity index (χ1n) is 9.14. The largest absolute Gasteiger partial charge is 0.457 e. The van der Waals surface area contributed by atoms with Gasteiger partial charge in [-0.2, -0.15) is 4.31 Å². The summed E-state index contributed by atoms with van der Waals surface area (Å²) in [5, 5.41) is 4.54. The summed E-state index contributed by atoms with van der Waals surface area (Å²) in [5.74, 6) is 0.613. The van der Waals surface area contributed by atoms with Crippen LogP contribution >= 0.6 is 0 Å². The smallest absolute Gasteiger partial charge is 0.322 e. The van der Waals surface area contributed by atoms with Gasteiger partial charge < -0.3 is 10.1 Å². The number of ether oxygens (including phenoxy) is 1. The minimum absolute atomic E-state index is 0.0761. The summed E-state index contributed by atoms with van der Waals surface area (Å²) in [6, 6.07) is 11.6. The number of rotatable bonds is 7. The molecule has 0 spiro atoms. The molecule has 0 unspecified atom stereocenters. The average Bonchev–Trinajstić information content (AvgIpc) is 2.98. The molecule has 2 aromatic carbocycles. The summed E-state index contributed by atoms with van der Waals surface area (Å²) >= 11 is 0. The van der Waals surface area contributed by atoms with Crippen LogP contribution in [-0.4, -0.2) is 43.3 Å². The van der Waals surface area contributed by atoms with E-state index in [1.807, 2.05) is 31.2 Å². The molecule has 3 rings (SSSR count). The Labute approximate surface area is 169 Å². The number of carbonyl (C=O) groups is 2. The van der Waals surface area contributed by atoms with Gasteiger partial charge in [-0.3, -0.25) is 10.1 Å². The average molecular weight is 417 g/mol. The van der Waals surface area contributed by atoms with Crippen molar-refractivity contribution in [3.63, 3.8) is 0 Å². The van der Waals surface area contributed by atoms with Crippen molar-refractivity contribution in [3.8, 4) is 11.5 Å². The van der Waals surface area contributed by atoms with Crippen LogP contribution in [0, 0.1) is 6.92 Å². The molecule has 1 fully saturated rings. The lowest BCUT2D eigenvalue weighted by Crippen LogP contribution is -2.47. The molecule has 9 heteroatoms. The summed E-state index contributed by atoms with van der Waals surface area (Å²) in [5.41, 5.74) is 1.11. The molecule has 1 heterocycles. The lowest BCUT2D eigenvalue weighted by atomic mass is 10.2. The first-order chi connectivity index (χ1) is 13.7. The highest BCUT2D eigenvalue weighted by Crippen LogP contribution is 2.25. The summed E-state index contributed by atoms with van der Waals surface area (Å²) in [4.78, 5) is 23.2. The Bertz CT molecular complexity index is 1000. The molecule has 29 heavy (non-hydrogen) atoms. The number of carbonyl (C=O) groups excluding carboxylic acids is 2. The van der Waals surface area contributed by atoms with Crippen LogP contribution in [-0.2, 0) is 14.8 Å². The number of urea groups is 1. The summed E-state index contributed by atoms with van der Waals surface area (Å²) in [6.45, 7) is 5.24. The Hall–Kier alpha value is -2.91. The predicted octanol–water partition coefficient (Wildman–Crippen LogP) is 2.39. The Morgan fingerprint density at radius 2 is 1.55 bits per heavy atom. The van der Waals surface area contributed by atoms with Gasteiger partial charge in [0.25, 0.3) is 5.91 Å². The van der Waals surface area contributed by atoms with E-state index in [4.69, 9.17) is 4.74 Å². The highest BCUT2D eigenvalue weighted by molar-refractivity contribution is 7.89. The normalized spacial score (nSPS) is 16.8. The number of amides is 3. The highest BCUT2D eigenvalue weighted by atomic mass is 32.2. The number of nitrogens with one attached hydrogen (secondary N) is 2. The zero-order valence-electron chi connectivity index (χ0n) is 16.4. The summed E-state index contributed by atoms with van der Waals surface area (Å²) in [7, 11) is -3.88. The van der Waals surface area contributed by atoms with E-state index in [-0.39, 0.29) is 11.4 Å². The van der Waals surface area contributed by atoms with E-state index in [0.29, 0.717) is 11.5 Å². The van der Waals surface area contributed by atoms with Crippen molar-refractivity contribution >= 4 is 22.0 Å². The van der Waals surface area contributed by atoms with E-state index in [0.717, 1.165) is 5.56 Å². The topological polar surface area (TPSA) is 105 Å². The molecule has 1 atom stereocenters. The molecule has 1 aliphatic rings. The number of nitrogens with zero attached hydrogens (tertiary/aromatic N) is 1. The van der Waals surface area contributed by atoms with E-state index < -0.39 is 34.0 Å². The number of benzene rings is 2. The van der Waals surface area contributed by atoms with Crippen molar-refractivity contribution in [1.29, 1.82) is 0 Å². The van der Waals surface area contributed by atoms with Gasteiger partial charge in [-0.05, 0) is 57.2 Å². The molecule has 2 N–H and O–H groups in total. The van der Waals surface area contributed by atoms with Crippen LogP contribution in [0.15, 0.2) is 53.4 Å². The van der Waals surface area contributed by atoms with Gasteiger partial charge in [-0.15, -0.1) is 0 Å². The minimum atomic E-state index is -3.88. The van der Waals surface area contributed by atoms with E-state index >= 15 is 0 Å². The highest BCUT2D eigenvalue weighted by Gasteiger charge is 2.36. The van der Waals surface area contributed by atoms with E-state index in [2.05, 4.69) is 10.6 Å². The van der Waals surface area contributed by atoms with Gasteiger partial charge in [0, 0.05) is 12.6 Å². The summed E-state index contributed by atoms with van der Waals surface area (Å²) < 4.78 is 33.1. The third-order valence-electron chi connectivity index (χ3n) is 4.48. The zero-order chi connectivity index (χ0) is 21.2. The van der Waals surface area contributed by atoms with Crippen LogP contribution in [0.2, 0.25) is 0 Å². The van der Waals surface area contributed by atoms with Crippen molar-refractivity contribution in [3.05, 3.63) is 54.1 Å². The van der Waals surface area contributed by atoms with Gasteiger partial charge in [-0.1, -0.05) is 17.7 Å². The molecule has 1 aliphatic heterocycles. The van der Waals surface area contributed by atoms with Crippen LogP contribution in [0.1, 0.15) is 19.4 Å². The third kappa shape index (κ3) is 4.75. The van der Waals surface area contributed by atoms with Crippen LogP contribution < -0.4 is 15.4 Å². The quantitative estimate of drug-likeness (QED) is 0.673. The van der Waals surface area contributed by atoms with Gasteiger partial charge in [-0.25, -0.2) is 13.2 Å². The van der Waals surface area contributed by atoms with E-state index in [9.17, 15) is 18.0 Å². The molecule has 0 bridgehead atoms.